The summed E-state index contributed by atoms with van der Waals surface area (Å²) in [5, 5.41) is 21.7. The van der Waals surface area contributed by atoms with Crippen molar-refractivity contribution < 1.29 is 29.3 Å². The molecule has 2 aromatic carbocycles. The lowest BCUT2D eigenvalue weighted by Gasteiger charge is -2.36. The molecule has 0 aliphatic carbocycles. The van der Waals surface area contributed by atoms with Crippen molar-refractivity contribution in [3.8, 4) is 0 Å². The largest absolute Gasteiger partial charge is 0.459 e. The van der Waals surface area contributed by atoms with Crippen molar-refractivity contribution in [1.29, 1.82) is 0 Å². The molecule has 3 aliphatic rings. The Morgan fingerprint density at radius 3 is 2.31 bits per heavy atom. The molecule has 1 saturated heterocycles. The highest BCUT2D eigenvalue weighted by Crippen LogP contribution is 2.30. The number of carbonyl (C=O) groups excluding carboxylic acids is 2. The summed E-state index contributed by atoms with van der Waals surface area (Å²) in [6.07, 6.45) is -0.764. The minimum atomic E-state index is -0.641. The van der Waals surface area contributed by atoms with Gasteiger partial charge in [0, 0.05) is 51.3 Å². The van der Waals surface area contributed by atoms with E-state index in [1.807, 2.05) is 32.0 Å². The number of esters is 2. The van der Waals surface area contributed by atoms with Crippen LogP contribution in [-0.2, 0) is 22.5 Å². The van der Waals surface area contributed by atoms with Crippen LogP contribution >= 0.6 is 0 Å². The average molecular weight is 481 g/mol. The van der Waals surface area contributed by atoms with Gasteiger partial charge in [-0.15, -0.1) is 0 Å². The molecular formula is C27H32N2O6. The highest BCUT2D eigenvalue weighted by molar-refractivity contribution is 5.94. The Morgan fingerprint density at radius 2 is 1.60 bits per heavy atom. The number of benzene rings is 2. The fourth-order valence-electron chi connectivity index (χ4n) is 5.36. The quantitative estimate of drug-likeness (QED) is 0.607. The maximum Gasteiger partial charge on any atom is 0.338 e. The molecule has 3 aliphatic heterocycles. The van der Waals surface area contributed by atoms with Gasteiger partial charge in [-0.2, -0.15) is 0 Å². The number of carbonyl (C=O) groups is 2. The first-order valence-electron chi connectivity index (χ1n) is 12.2. The number of nitrogens with zero attached hydrogens (tertiary/aromatic N) is 2. The lowest BCUT2D eigenvalue weighted by Crippen LogP contribution is -2.48. The molecule has 0 radical (unpaired) electrons. The monoisotopic (exact) mass is 480 g/mol. The maximum absolute atomic E-state index is 12.0. The van der Waals surface area contributed by atoms with Gasteiger partial charge >= 0.3 is 11.9 Å². The zero-order valence-electron chi connectivity index (χ0n) is 20.2. The number of aliphatic hydroxyl groups is 2. The second-order valence-corrected chi connectivity index (χ2v) is 9.85. The molecule has 3 atom stereocenters. The predicted octanol–water partition coefficient (Wildman–Crippen LogP) is 2.15. The van der Waals surface area contributed by atoms with Gasteiger partial charge in [0.2, 0.25) is 0 Å². The SMILES string of the molecule is Cc1c([C@H](O)CN2CCN(CC(O)c3ccc4c(c3)C[C@H](C)OC4=O)CC2)ccc2c1COC2=O. The van der Waals surface area contributed by atoms with Crippen LogP contribution in [0.2, 0.25) is 0 Å². The summed E-state index contributed by atoms with van der Waals surface area (Å²) in [5.74, 6) is -0.593. The van der Waals surface area contributed by atoms with Crippen LogP contribution in [0.25, 0.3) is 0 Å². The van der Waals surface area contributed by atoms with E-state index in [0.717, 1.165) is 54.0 Å². The first-order valence-corrected chi connectivity index (χ1v) is 12.2. The molecular weight excluding hydrogens is 448 g/mol. The summed E-state index contributed by atoms with van der Waals surface area (Å²) >= 11 is 0. The Bertz CT molecular complexity index is 1140. The van der Waals surface area contributed by atoms with E-state index in [4.69, 9.17) is 9.47 Å². The van der Waals surface area contributed by atoms with Crippen molar-refractivity contribution in [2.75, 3.05) is 39.3 Å². The van der Waals surface area contributed by atoms with Crippen molar-refractivity contribution >= 4 is 11.9 Å². The molecule has 5 rings (SSSR count). The van der Waals surface area contributed by atoms with Gasteiger partial charge in [0.15, 0.2) is 0 Å². The molecule has 0 aromatic heterocycles. The summed E-state index contributed by atoms with van der Waals surface area (Å²) in [7, 11) is 0. The number of hydrogen-bond acceptors (Lipinski definition) is 8. The number of aliphatic hydroxyl groups excluding tert-OH is 2. The minimum Gasteiger partial charge on any atom is -0.459 e. The van der Waals surface area contributed by atoms with E-state index < -0.39 is 12.2 Å². The summed E-state index contributed by atoms with van der Waals surface area (Å²) < 4.78 is 10.4. The molecule has 3 heterocycles. The second kappa shape index (κ2) is 9.70. The summed E-state index contributed by atoms with van der Waals surface area (Å²) in [6, 6.07) is 9.08. The first kappa shape index (κ1) is 23.9. The Balaban J connectivity index is 1.15. The summed E-state index contributed by atoms with van der Waals surface area (Å²) in [4.78, 5) is 28.3. The molecule has 0 spiro atoms. The smallest absolute Gasteiger partial charge is 0.338 e. The van der Waals surface area contributed by atoms with Crippen LogP contribution in [0.5, 0.6) is 0 Å². The molecule has 0 amide bonds. The third-order valence-corrected chi connectivity index (χ3v) is 7.44. The van der Waals surface area contributed by atoms with Crippen molar-refractivity contribution in [3.63, 3.8) is 0 Å². The van der Waals surface area contributed by atoms with Gasteiger partial charge in [-0.05, 0) is 48.2 Å². The van der Waals surface area contributed by atoms with E-state index in [0.29, 0.717) is 30.6 Å². The Morgan fingerprint density at radius 1 is 0.943 bits per heavy atom. The lowest BCUT2D eigenvalue weighted by molar-refractivity contribution is 0.0299. The van der Waals surface area contributed by atoms with Crippen LogP contribution in [-0.4, -0.2) is 77.3 Å². The van der Waals surface area contributed by atoms with Gasteiger partial charge in [-0.1, -0.05) is 18.2 Å². The minimum absolute atomic E-state index is 0.151. The highest BCUT2D eigenvalue weighted by Gasteiger charge is 2.28. The molecule has 8 nitrogen and oxygen atoms in total. The average Bonchev–Trinajstić information content (AvgIpc) is 3.21. The van der Waals surface area contributed by atoms with Crippen molar-refractivity contribution in [2.24, 2.45) is 0 Å². The number of fused-ring (bicyclic) bond motifs is 2. The van der Waals surface area contributed by atoms with Crippen LogP contribution in [0.15, 0.2) is 30.3 Å². The van der Waals surface area contributed by atoms with Crippen LogP contribution in [0, 0.1) is 6.92 Å². The summed E-state index contributed by atoms with van der Waals surface area (Å²) in [5.41, 5.74) is 5.57. The molecule has 2 aromatic rings. The van der Waals surface area contributed by atoms with E-state index in [1.165, 1.54) is 0 Å². The van der Waals surface area contributed by atoms with Gasteiger partial charge in [-0.25, -0.2) is 9.59 Å². The molecule has 0 saturated carbocycles. The van der Waals surface area contributed by atoms with Gasteiger partial charge in [0.25, 0.3) is 0 Å². The number of β-amino-alcohol motifs (C(OH)–C–C–N with tert-alkyl or cyclic N) is 2. The van der Waals surface area contributed by atoms with E-state index >= 15 is 0 Å². The molecule has 35 heavy (non-hydrogen) atoms. The number of rotatable bonds is 6. The molecule has 1 fully saturated rings. The molecule has 8 heteroatoms. The zero-order valence-corrected chi connectivity index (χ0v) is 20.2. The Hall–Kier alpha value is -2.78. The maximum atomic E-state index is 12.0. The van der Waals surface area contributed by atoms with E-state index in [9.17, 15) is 19.8 Å². The van der Waals surface area contributed by atoms with Crippen molar-refractivity contribution in [3.05, 3.63) is 69.3 Å². The van der Waals surface area contributed by atoms with Crippen LogP contribution in [0.4, 0.5) is 0 Å². The molecule has 186 valence electrons. The normalized spacial score (nSPS) is 22.2. The van der Waals surface area contributed by atoms with E-state index in [2.05, 4.69) is 9.80 Å². The van der Waals surface area contributed by atoms with Gasteiger partial charge in [0.1, 0.15) is 12.7 Å². The zero-order chi connectivity index (χ0) is 24.7. The molecule has 0 bridgehead atoms. The van der Waals surface area contributed by atoms with Crippen molar-refractivity contribution in [1.82, 2.24) is 9.80 Å². The third kappa shape index (κ3) is 4.84. The number of piperazine rings is 1. The topological polar surface area (TPSA) is 99.5 Å². The Labute approximate surface area is 205 Å². The lowest BCUT2D eigenvalue weighted by atomic mass is 9.95. The van der Waals surface area contributed by atoms with E-state index in [1.54, 1.807) is 12.1 Å². The highest BCUT2D eigenvalue weighted by atomic mass is 16.5. The number of hydrogen-bond donors (Lipinski definition) is 2. The summed E-state index contributed by atoms with van der Waals surface area (Å²) in [6.45, 7) is 8.30. The second-order valence-electron chi connectivity index (χ2n) is 9.85. The standard InChI is InChI=1S/C27H32N2O6/c1-16-11-19-12-18(3-4-21(19)27(33)35-16)24(30)13-28-7-9-29(10-8-28)14-25(31)20-5-6-22-23(17(20)2)15-34-26(22)32/h3-6,12,16,24-25,30-31H,7-11,13-15H2,1-2H3/t16-,24?,25+/m0/s1. The van der Waals surface area contributed by atoms with Crippen molar-refractivity contribution in [2.45, 2.75) is 45.2 Å². The van der Waals surface area contributed by atoms with Gasteiger partial charge in [-0.3, -0.25) is 9.80 Å². The molecule has 1 unspecified atom stereocenters. The van der Waals surface area contributed by atoms with Crippen LogP contribution in [0.3, 0.4) is 0 Å². The van der Waals surface area contributed by atoms with Gasteiger partial charge < -0.3 is 19.7 Å². The molecule has 2 N–H and O–H groups in total. The van der Waals surface area contributed by atoms with Gasteiger partial charge in [0.05, 0.1) is 23.3 Å². The fraction of sp³-hybridized carbons (Fsp3) is 0.481. The number of cyclic esters (lactones) is 2. The predicted molar refractivity (Wildman–Crippen MR) is 128 cm³/mol. The van der Waals surface area contributed by atoms with E-state index in [-0.39, 0.29) is 24.6 Å². The first-order chi connectivity index (χ1) is 16.8. The van der Waals surface area contributed by atoms with Crippen LogP contribution in [0.1, 0.15) is 67.7 Å². The van der Waals surface area contributed by atoms with Crippen LogP contribution < -0.4 is 0 Å². The third-order valence-electron chi connectivity index (χ3n) is 7.44. The number of ether oxygens (including phenoxy) is 2. The fourth-order valence-corrected chi connectivity index (χ4v) is 5.36. The Kier molecular flexibility index (Phi) is 6.63.